The molecule has 1 heterocycles. The number of rotatable bonds is 5. The van der Waals surface area contributed by atoms with E-state index >= 15 is 0 Å². The van der Waals surface area contributed by atoms with Gasteiger partial charge in [-0.05, 0) is 25.8 Å². The number of nitrogens with one attached hydrogen (secondary N) is 1. The SMILES string of the molecule is CC(C(=O)NC1CCCCC1)N1CCN(Cc2ccccc2F)CC1. The van der Waals surface area contributed by atoms with Gasteiger partial charge in [-0.2, -0.15) is 0 Å². The highest BCUT2D eigenvalue weighted by Crippen LogP contribution is 2.18. The van der Waals surface area contributed by atoms with Crippen LogP contribution in [0, 0.1) is 5.82 Å². The molecule has 1 unspecified atom stereocenters. The molecular weight excluding hydrogens is 317 g/mol. The molecule has 2 aliphatic rings. The second-order valence-corrected chi connectivity index (χ2v) is 7.42. The van der Waals surface area contributed by atoms with Crippen molar-refractivity contribution >= 4 is 5.91 Å². The molecule has 2 fully saturated rings. The Bertz CT molecular complexity index is 566. The fourth-order valence-electron chi connectivity index (χ4n) is 3.91. The van der Waals surface area contributed by atoms with Gasteiger partial charge in [-0.3, -0.25) is 14.6 Å². The predicted molar refractivity (Wildman–Crippen MR) is 97.7 cm³/mol. The van der Waals surface area contributed by atoms with E-state index in [0.29, 0.717) is 12.6 Å². The number of carbonyl (C=O) groups is 1. The third-order valence-corrected chi connectivity index (χ3v) is 5.64. The molecule has 138 valence electrons. The first-order valence-corrected chi connectivity index (χ1v) is 9.63. The molecule has 4 nitrogen and oxygen atoms in total. The first-order chi connectivity index (χ1) is 12.1. The quantitative estimate of drug-likeness (QED) is 0.890. The van der Waals surface area contributed by atoms with Crippen LogP contribution in [0.15, 0.2) is 24.3 Å². The number of hydrogen-bond donors (Lipinski definition) is 1. The number of amides is 1. The van der Waals surface area contributed by atoms with Crippen molar-refractivity contribution in [3.8, 4) is 0 Å². The summed E-state index contributed by atoms with van der Waals surface area (Å²) in [5.74, 6) is 0.0274. The molecule has 5 heteroatoms. The van der Waals surface area contributed by atoms with Crippen molar-refractivity contribution in [3.05, 3.63) is 35.6 Å². The maximum Gasteiger partial charge on any atom is 0.237 e. The number of halogens is 1. The van der Waals surface area contributed by atoms with E-state index in [1.807, 2.05) is 19.1 Å². The van der Waals surface area contributed by atoms with Crippen LogP contribution in [-0.4, -0.2) is 54.0 Å². The number of benzene rings is 1. The largest absolute Gasteiger partial charge is 0.352 e. The molecule has 0 bridgehead atoms. The van der Waals surface area contributed by atoms with Gasteiger partial charge in [-0.15, -0.1) is 0 Å². The van der Waals surface area contributed by atoms with Crippen molar-refractivity contribution in [2.75, 3.05) is 26.2 Å². The summed E-state index contributed by atoms with van der Waals surface area (Å²) >= 11 is 0. The molecule has 1 N–H and O–H groups in total. The zero-order chi connectivity index (χ0) is 17.6. The molecule has 0 aromatic heterocycles. The number of hydrogen-bond acceptors (Lipinski definition) is 3. The second-order valence-electron chi connectivity index (χ2n) is 7.42. The van der Waals surface area contributed by atoms with E-state index in [1.165, 1.54) is 25.3 Å². The van der Waals surface area contributed by atoms with E-state index < -0.39 is 0 Å². The Morgan fingerprint density at radius 2 is 1.84 bits per heavy atom. The highest BCUT2D eigenvalue weighted by atomic mass is 19.1. The van der Waals surface area contributed by atoms with Crippen LogP contribution in [0.1, 0.15) is 44.6 Å². The van der Waals surface area contributed by atoms with Crippen LogP contribution >= 0.6 is 0 Å². The van der Waals surface area contributed by atoms with Crippen molar-refractivity contribution in [1.82, 2.24) is 15.1 Å². The normalized spacial score (nSPS) is 21.8. The first-order valence-electron chi connectivity index (χ1n) is 9.63. The zero-order valence-corrected chi connectivity index (χ0v) is 15.2. The molecule has 25 heavy (non-hydrogen) atoms. The van der Waals surface area contributed by atoms with Gasteiger partial charge < -0.3 is 5.32 Å². The number of carbonyl (C=O) groups excluding carboxylic acids is 1. The van der Waals surface area contributed by atoms with E-state index in [0.717, 1.165) is 44.6 Å². The minimum atomic E-state index is -0.134. The highest BCUT2D eigenvalue weighted by Gasteiger charge is 2.27. The third-order valence-electron chi connectivity index (χ3n) is 5.64. The molecular formula is C20H30FN3O. The van der Waals surface area contributed by atoms with E-state index in [-0.39, 0.29) is 17.8 Å². The lowest BCUT2D eigenvalue weighted by Crippen LogP contribution is -2.54. The first kappa shape index (κ1) is 18.3. The summed E-state index contributed by atoms with van der Waals surface area (Å²) in [5.41, 5.74) is 0.749. The lowest BCUT2D eigenvalue weighted by molar-refractivity contribution is -0.127. The fraction of sp³-hybridized carbons (Fsp3) is 0.650. The molecule has 0 spiro atoms. The van der Waals surface area contributed by atoms with Gasteiger partial charge in [0.15, 0.2) is 0 Å². The molecule has 1 atom stereocenters. The maximum atomic E-state index is 13.8. The standard InChI is InChI=1S/C20H30FN3O/c1-16(20(25)22-18-8-3-2-4-9-18)24-13-11-23(12-14-24)15-17-7-5-6-10-19(17)21/h5-7,10,16,18H,2-4,8-9,11-15H2,1H3,(H,22,25). The summed E-state index contributed by atoms with van der Waals surface area (Å²) in [5, 5.41) is 3.23. The predicted octanol–water partition coefficient (Wildman–Crippen LogP) is 2.78. The highest BCUT2D eigenvalue weighted by molar-refractivity contribution is 5.81. The van der Waals surface area contributed by atoms with Gasteiger partial charge in [0.25, 0.3) is 0 Å². The molecule has 1 aliphatic carbocycles. The van der Waals surface area contributed by atoms with Crippen molar-refractivity contribution in [2.45, 2.75) is 57.7 Å². The Labute approximate surface area is 150 Å². The van der Waals surface area contributed by atoms with E-state index in [1.54, 1.807) is 6.07 Å². The van der Waals surface area contributed by atoms with Crippen LogP contribution in [-0.2, 0) is 11.3 Å². The third kappa shape index (κ3) is 5.02. The summed E-state index contributed by atoms with van der Waals surface area (Å²) in [6, 6.07) is 7.25. The molecule has 1 aromatic carbocycles. The Hall–Kier alpha value is -1.46. The maximum absolute atomic E-state index is 13.8. The molecule has 1 aliphatic heterocycles. The van der Waals surface area contributed by atoms with Gasteiger partial charge >= 0.3 is 0 Å². The van der Waals surface area contributed by atoms with Crippen LogP contribution in [0.2, 0.25) is 0 Å². The monoisotopic (exact) mass is 347 g/mol. The zero-order valence-electron chi connectivity index (χ0n) is 15.2. The van der Waals surface area contributed by atoms with Crippen molar-refractivity contribution in [3.63, 3.8) is 0 Å². The number of piperazine rings is 1. The van der Waals surface area contributed by atoms with Gasteiger partial charge in [-0.1, -0.05) is 37.5 Å². The Balaban J connectivity index is 1.44. The average Bonchev–Trinajstić information content (AvgIpc) is 2.64. The van der Waals surface area contributed by atoms with E-state index in [9.17, 15) is 9.18 Å². The number of nitrogens with zero attached hydrogens (tertiary/aromatic N) is 2. The summed E-state index contributed by atoms with van der Waals surface area (Å²) in [7, 11) is 0. The van der Waals surface area contributed by atoms with Crippen LogP contribution in [0.25, 0.3) is 0 Å². The van der Waals surface area contributed by atoms with Crippen LogP contribution in [0.3, 0.4) is 0 Å². The van der Waals surface area contributed by atoms with E-state index in [2.05, 4.69) is 15.1 Å². The Kier molecular flexibility index (Phi) is 6.43. The summed E-state index contributed by atoms with van der Waals surface area (Å²) in [6.07, 6.45) is 6.00. The van der Waals surface area contributed by atoms with Crippen LogP contribution in [0.5, 0.6) is 0 Å². The summed E-state index contributed by atoms with van der Waals surface area (Å²) < 4.78 is 13.8. The summed E-state index contributed by atoms with van der Waals surface area (Å²) in [4.78, 5) is 17.0. The average molecular weight is 347 g/mol. The van der Waals surface area contributed by atoms with Crippen molar-refractivity contribution < 1.29 is 9.18 Å². The van der Waals surface area contributed by atoms with Gasteiger partial charge in [0.2, 0.25) is 5.91 Å². The van der Waals surface area contributed by atoms with Crippen LogP contribution < -0.4 is 5.32 Å². The second kappa shape index (κ2) is 8.77. The van der Waals surface area contributed by atoms with E-state index in [4.69, 9.17) is 0 Å². The minimum Gasteiger partial charge on any atom is -0.352 e. The minimum absolute atomic E-state index is 0.0856. The van der Waals surface area contributed by atoms with Crippen molar-refractivity contribution in [2.24, 2.45) is 0 Å². The molecule has 3 rings (SSSR count). The molecule has 1 aromatic rings. The van der Waals surface area contributed by atoms with Gasteiger partial charge in [0.1, 0.15) is 5.82 Å². The molecule has 1 saturated carbocycles. The molecule has 1 saturated heterocycles. The lowest BCUT2D eigenvalue weighted by atomic mass is 9.95. The molecule has 0 radical (unpaired) electrons. The van der Waals surface area contributed by atoms with Gasteiger partial charge in [-0.25, -0.2) is 4.39 Å². The lowest BCUT2D eigenvalue weighted by Gasteiger charge is -2.38. The van der Waals surface area contributed by atoms with Gasteiger partial charge in [0, 0.05) is 44.3 Å². The van der Waals surface area contributed by atoms with Crippen molar-refractivity contribution in [1.29, 1.82) is 0 Å². The molecule has 1 amide bonds. The smallest absolute Gasteiger partial charge is 0.237 e. The Morgan fingerprint density at radius 1 is 1.16 bits per heavy atom. The van der Waals surface area contributed by atoms with Crippen LogP contribution in [0.4, 0.5) is 4.39 Å². The summed E-state index contributed by atoms with van der Waals surface area (Å²) in [6.45, 7) is 6.10. The Morgan fingerprint density at radius 3 is 2.52 bits per heavy atom. The van der Waals surface area contributed by atoms with Gasteiger partial charge in [0.05, 0.1) is 6.04 Å². The fourth-order valence-corrected chi connectivity index (χ4v) is 3.91. The topological polar surface area (TPSA) is 35.6 Å².